The van der Waals surface area contributed by atoms with Crippen molar-refractivity contribution in [3.8, 4) is 5.75 Å². The Kier molecular flexibility index (Phi) is 7.38. The van der Waals surface area contributed by atoms with Gasteiger partial charge in [0.05, 0.1) is 0 Å². The molecular formula is C15H25NOSe. The molecule has 0 amide bonds. The maximum absolute atomic E-state index is 9.95. The van der Waals surface area contributed by atoms with Crippen LogP contribution >= 0.6 is 0 Å². The molecule has 0 aliphatic heterocycles. The Morgan fingerprint density at radius 3 is 2.50 bits per heavy atom. The van der Waals surface area contributed by atoms with E-state index in [1.54, 1.807) is 0 Å². The predicted octanol–water partition coefficient (Wildman–Crippen LogP) is 3.51. The van der Waals surface area contributed by atoms with Crippen molar-refractivity contribution in [1.29, 1.82) is 0 Å². The van der Waals surface area contributed by atoms with Gasteiger partial charge in [0.2, 0.25) is 0 Å². The number of aromatic nitrogens is 1. The Morgan fingerprint density at radius 1 is 1.11 bits per heavy atom. The van der Waals surface area contributed by atoms with Gasteiger partial charge in [-0.3, -0.25) is 0 Å². The summed E-state index contributed by atoms with van der Waals surface area (Å²) in [7, 11) is 0. The monoisotopic (exact) mass is 315 g/mol. The molecule has 1 heterocycles. The van der Waals surface area contributed by atoms with Crippen LogP contribution in [0.3, 0.4) is 0 Å². The SMILES string of the molecule is CCCCCCCC[Se]c1nc(C)cc(C)c1O. The van der Waals surface area contributed by atoms with E-state index in [9.17, 15) is 5.11 Å². The molecule has 102 valence electrons. The van der Waals surface area contributed by atoms with E-state index in [0.29, 0.717) is 20.7 Å². The van der Waals surface area contributed by atoms with Crippen LogP contribution in [-0.4, -0.2) is 25.0 Å². The second-order valence-electron chi connectivity index (χ2n) is 4.85. The summed E-state index contributed by atoms with van der Waals surface area (Å²) in [6.07, 6.45) is 8.01. The van der Waals surface area contributed by atoms with Crippen molar-refractivity contribution in [1.82, 2.24) is 4.98 Å². The first kappa shape index (κ1) is 15.5. The first-order valence-corrected chi connectivity index (χ1v) is 9.02. The summed E-state index contributed by atoms with van der Waals surface area (Å²) in [5.41, 5.74) is 1.98. The second kappa shape index (κ2) is 8.55. The number of aryl methyl sites for hydroxylation is 2. The predicted molar refractivity (Wildman–Crippen MR) is 78.9 cm³/mol. The van der Waals surface area contributed by atoms with E-state index >= 15 is 0 Å². The van der Waals surface area contributed by atoms with E-state index in [0.717, 1.165) is 15.8 Å². The third-order valence-corrected chi connectivity index (χ3v) is 5.22. The molecule has 18 heavy (non-hydrogen) atoms. The summed E-state index contributed by atoms with van der Waals surface area (Å²) in [5.74, 6) is 0.423. The van der Waals surface area contributed by atoms with Gasteiger partial charge in [0.25, 0.3) is 0 Å². The Balaban J connectivity index is 2.27. The van der Waals surface area contributed by atoms with Crippen LogP contribution in [0, 0.1) is 13.8 Å². The summed E-state index contributed by atoms with van der Waals surface area (Å²) >= 11 is 0.325. The zero-order valence-corrected chi connectivity index (χ0v) is 13.5. The van der Waals surface area contributed by atoms with E-state index in [1.165, 1.54) is 43.8 Å². The van der Waals surface area contributed by atoms with Gasteiger partial charge >= 0.3 is 117 Å². The van der Waals surface area contributed by atoms with Crippen molar-refractivity contribution < 1.29 is 5.11 Å². The molecule has 1 N–H and O–H groups in total. The molecule has 1 aromatic rings. The molecule has 0 saturated heterocycles. The number of unbranched alkanes of at least 4 members (excludes halogenated alkanes) is 5. The Bertz CT molecular complexity index is 366. The number of nitrogens with zero attached hydrogens (tertiary/aromatic N) is 1. The summed E-state index contributed by atoms with van der Waals surface area (Å²) in [6, 6.07) is 1.94. The Hall–Kier alpha value is -0.531. The Labute approximate surface area is 117 Å². The van der Waals surface area contributed by atoms with Crippen molar-refractivity contribution in [2.75, 3.05) is 0 Å². The van der Waals surface area contributed by atoms with Gasteiger partial charge in [-0.1, -0.05) is 0 Å². The maximum atomic E-state index is 9.95. The zero-order chi connectivity index (χ0) is 13.4. The minimum absolute atomic E-state index is 0.325. The van der Waals surface area contributed by atoms with Crippen LogP contribution in [0.25, 0.3) is 0 Å². The summed E-state index contributed by atoms with van der Waals surface area (Å²) < 4.78 is 0.938. The second-order valence-corrected chi connectivity index (χ2v) is 7.12. The van der Waals surface area contributed by atoms with Crippen molar-refractivity contribution in [2.45, 2.75) is 64.6 Å². The molecule has 0 aromatic carbocycles. The standard InChI is InChI=1S/C15H25NOSe/c1-4-5-6-7-8-9-10-18-15-14(17)12(2)11-13(3)16-15/h11,17H,4-10H2,1-3H3. The van der Waals surface area contributed by atoms with Crippen LogP contribution in [-0.2, 0) is 0 Å². The number of rotatable bonds is 8. The molecule has 0 fully saturated rings. The molecule has 1 rings (SSSR count). The first-order chi connectivity index (χ1) is 8.65. The molecule has 0 radical (unpaired) electrons. The molecule has 1 aromatic heterocycles. The van der Waals surface area contributed by atoms with Gasteiger partial charge in [-0.15, -0.1) is 0 Å². The van der Waals surface area contributed by atoms with Gasteiger partial charge in [0.1, 0.15) is 0 Å². The molecule has 0 atom stereocenters. The quantitative estimate of drug-likeness (QED) is 0.588. The summed E-state index contributed by atoms with van der Waals surface area (Å²) in [4.78, 5) is 4.46. The minimum atomic E-state index is 0.325. The molecule has 3 heteroatoms. The normalized spacial score (nSPS) is 10.8. The van der Waals surface area contributed by atoms with Gasteiger partial charge in [0, 0.05) is 0 Å². The van der Waals surface area contributed by atoms with Gasteiger partial charge in [-0.2, -0.15) is 0 Å². The van der Waals surface area contributed by atoms with Crippen LogP contribution < -0.4 is 4.59 Å². The number of hydrogen-bond acceptors (Lipinski definition) is 2. The molecule has 0 aliphatic carbocycles. The van der Waals surface area contributed by atoms with E-state index in [4.69, 9.17) is 0 Å². The number of pyridine rings is 1. The van der Waals surface area contributed by atoms with Crippen LogP contribution in [0.2, 0.25) is 5.32 Å². The number of hydrogen-bond donors (Lipinski definition) is 1. The first-order valence-electron chi connectivity index (χ1n) is 6.95. The van der Waals surface area contributed by atoms with Gasteiger partial charge in [0.15, 0.2) is 0 Å². The van der Waals surface area contributed by atoms with E-state index in [-0.39, 0.29) is 0 Å². The van der Waals surface area contributed by atoms with Crippen LogP contribution in [0.15, 0.2) is 6.07 Å². The van der Waals surface area contributed by atoms with E-state index in [1.807, 2.05) is 19.9 Å². The topological polar surface area (TPSA) is 33.1 Å². The molecule has 0 unspecified atom stereocenters. The summed E-state index contributed by atoms with van der Waals surface area (Å²) in [6.45, 7) is 6.20. The molecule has 0 bridgehead atoms. The van der Waals surface area contributed by atoms with Crippen molar-refractivity contribution in [2.24, 2.45) is 0 Å². The molecule has 0 spiro atoms. The van der Waals surface area contributed by atoms with Crippen LogP contribution in [0.4, 0.5) is 0 Å². The van der Waals surface area contributed by atoms with Gasteiger partial charge in [-0.25, -0.2) is 0 Å². The van der Waals surface area contributed by atoms with Crippen LogP contribution in [0.5, 0.6) is 5.75 Å². The molecule has 2 nitrogen and oxygen atoms in total. The Morgan fingerprint density at radius 2 is 1.78 bits per heavy atom. The fourth-order valence-corrected chi connectivity index (χ4v) is 4.15. The molecular weight excluding hydrogens is 289 g/mol. The third-order valence-electron chi connectivity index (χ3n) is 3.02. The fraction of sp³-hybridized carbons (Fsp3) is 0.667. The average molecular weight is 314 g/mol. The van der Waals surface area contributed by atoms with Crippen molar-refractivity contribution in [3.63, 3.8) is 0 Å². The van der Waals surface area contributed by atoms with E-state index in [2.05, 4.69) is 11.9 Å². The molecule has 0 aliphatic rings. The molecule has 0 saturated carbocycles. The average Bonchev–Trinajstić information content (AvgIpc) is 2.33. The van der Waals surface area contributed by atoms with Crippen LogP contribution in [0.1, 0.15) is 56.7 Å². The van der Waals surface area contributed by atoms with Gasteiger partial charge < -0.3 is 0 Å². The van der Waals surface area contributed by atoms with E-state index < -0.39 is 0 Å². The zero-order valence-electron chi connectivity index (χ0n) is 11.8. The van der Waals surface area contributed by atoms with Gasteiger partial charge in [-0.05, 0) is 0 Å². The summed E-state index contributed by atoms with van der Waals surface area (Å²) in [5, 5.41) is 11.1. The number of aromatic hydroxyl groups is 1. The van der Waals surface area contributed by atoms with Crippen molar-refractivity contribution >= 4 is 19.5 Å². The third kappa shape index (κ3) is 5.41. The van der Waals surface area contributed by atoms with Crippen molar-refractivity contribution in [3.05, 3.63) is 17.3 Å². The fourth-order valence-electron chi connectivity index (χ4n) is 1.95.